The van der Waals surface area contributed by atoms with Crippen LogP contribution in [-0.2, 0) is 4.79 Å². The topological polar surface area (TPSA) is 55.6 Å². The smallest absolute Gasteiger partial charge is 0.277 e. The van der Waals surface area contributed by atoms with Gasteiger partial charge in [0.15, 0.2) is 6.61 Å². The number of aromatic nitrogens is 1. The molecule has 28 heavy (non-hydrogen) atoms. The van der Waals surface area contributed by atoms with Crippen LogP contribution in [0.25, 0.3) is 5.69 Å². The standard InChI is InChI=1S/C22H22BrN3O2/c1-15-9-11-18(12-10-15)26-16(2)20(22(23)17(26)3)13-24-25-21(27)14-28-19-7-5-4-6-8-19/h4-13H,14H2,1-3H3,(H,25,27)/b24-13-. The fraction of sp³-hybridized carbons (Fsp3) is 0.182. The van der Waals surface area contributed by atoms with E-state index in [2.05, 4.69) is 62.2 Å². The molecule has 0 spiro atoms. The fourth-order valence-electron chi connectivity index (χ4n) is 2.92. The Morgan fingerprint density at radius 2 is 1.75 bits per heavy atom. The summed E-state index contributed by atoms with van der Waals surface area (Å²) in [4.78, 5) is 11.9. The highest BCUT2D eigenvalue weighted by Gasteiger charge is 2.15. The molecular formula is C22H22BrN3O2. The highest BCUT2D eigenvalue weighted by Crippen LogP contribution is 2.29. The molecule has 0 bridgehead atoms. The van der Waals surface area contributed by atoms with Crippen molar-refractivity contribution in [3.63, 3.8) is 0 Å². The molecule has 0 aliphatic carbocycles. The van der Waals surface area contributed by atoms with Gasteiger partial charge in [-0.15, -0.1) is 0 Å². The number of aryl methyl sites for hydroxylation is 1. The molecule has 3 aromatic rings. The van der Waals surface area contributed by atoms with Crippen molar-refractivity contribution in [1.29, 1.82) is 0 Å². The summed E-state index contributed by atoms with van der Waals surface area (Å²) in [6.45, 7) is 6.04. The summed E-state index contributed by atoms with van der Waals surface area (Å²) in [5.41, 5.74) is 7.83. The van der Waals surface area contributed by atoms with Gasteiger partial charge in [-0.2, -0.15) is 5.10 Å². The summed E-state index contributed by atoms with van der Waals surface area (Å²) < 4.78 is 8.52. The van der Waals surface area contributed by atoms with Crippen molar-refractivity contribution in [2.75, 3.05) is 6.61 Å². The van der Waals surface area contributed by atoms with E-state index in [0.29, 0.717) is 5.75 Å². The molecule has 0 saturated heterocycles. The Hall–Kier alpha value is -2.86. The van der Waals surface area contributed by atoms with Gasteiger partial charge in [0, 0.05) is 27.1 Å². The number of rotatable bonds is 6. The van der Waals surface area contributed by atoms with E-state index in [0.717, 1.165) is 27.1 Å². The molecule has 0 saturated carbocycles. The normalized spacial score (nSPS) is 11.0. The molecule has 0 radical (unpaired) electrons. The molecule has 6 heteroatoms. The molecule has 3 rings (SSSR count). The summed E-state index contributed by atoms with van der Waals surface area (Å²) in [6, 6.07) is 17.5. The van der Waals surface area contributed by atoms with Crippen molar-refractivity contribution in [3.05, 3.63) is 81.6 Å². The third kappa shape index (κ3) is 4.51. The average molecular weight is 440 g/mol. The van der Waals surface area contributed by atoms with Gasteiger partial charge in [-0.05, 0) is 61.0 Å². The second-order valence-electron chi connectivity index (χ2n) is 6.46. The zero-order chi connectivity index (χ0) is 20.1. The lowest BCUT2D eigenvalue weighted by molar-refractivity contribution is -0.123. The third-order valence-corrected chi connectivity index (χ3v) is 5.40. The number of amides is 1. The van der Waals surface area contributed by atoms with Crippen LogP contribution in [0.4, 0.5) is 0 Å². The van der Waals surface area contributed by atoms with Gasteiger partial charge < -0.3 is 9.30 Å². The minimum atomic E-state index is -0.316. The van der Waals surface area contributed by atoms with Crippen LogP contribution in [0.3, 0.4) is 0 Å². The SMILES string of the molecule is Cc1ccc(-n2c(C)c(Br)c(/C=N\NC(=O)COc3ccccc3)c2C)cc1. The van der Waals surface area contributed by atoms with Crippen LogP contribution in [-0.4, -0.2) is 23.3 Å². The first-order chi connectivity index (χ1) is 13.5. The van der Waals surface area contributed by atoms with Crippen LogP contribution >= 0.6 is 15.9 Å². The van der Waals surface area contributed by atoms with Gasteiger partial charge in [0.05, 0.1) is 6.21 Å². The van der Waals surface area contributed by atoms with Gasteiger partial charge in [-0.3, -0.25) is 4.79 Å². The maximum absolute atomic E-state index is 11.9. The quantitative estimate of drug-likeness (QED) is 0.447. The number of nitrogens with zero attached hydrogens (tertiary/aromatic N) is 2. The summed E-state index contributed by atoms with van der Waals surface area (Å²) in [5, 5.41) is 4.09. The van der Waals surface area contributed by atoms with Gasteiger partial charge in [-0.25, -0.2) is 5.43 Å². The predicted molar refractivity (Wildman–Crippen MR) is 115 cm³/mol. The molecule has 0 aliphatic heterocycles. The van der Waals surface area contributed by atoms with Crippen molar-refractivity contribution in [3.8, 4) is 11.4 Å². The second kappa shape index (κ2) is 8.89. The Bertz CT molecular complexity index is 993. The number of nitrogens with one attached hydrogen (secondary N) is 1. The zero-order valence-corrected chi connectivity index (χ0v) is 17.7. The second-order valence-corrected chi connectivity index (χ2v) is 7.26. The van der Waals surface area contributed by atoms with Crippen LogP contribution < -0.4 is 10.2 Å². The zero-order valence-electron chi connectivity index (χ0n) is 16.1. The number of ether oxygens (including phenoxy) is 1. The van der Waals surface area contributed by atoms with Gasteiger partial charge in [0.2, 0.25) is 0 Å². The van der Waals surface area contributed by atoms with Crippen molar-refractivity contribution in [2.24, 2.45) is 5.10 Å². The predicted octanol–water partition coefficient (Wildman–Crippen LogP) is 4.69. The Labute approximate surface area is 173 Å². The monoisotopic (exact) mass is 439 g/mol. The number of halogens is 1. The third-order valence-electron chi connectivity index (χ3n) is 4.40. The van der Waals surface area contributed by atoms with E-state index < -0.39 is 0 Å². The first-order valence-corrected chi connectivity index (χ1v) is 9.71. The van der Waals surface area contributed by atoms with Crippen molar-refractivity contribution >= 4 is 28.1 Å². The molecule has 0 aliphatic rings. The Morgan fingerprint density at radius 3 is 2.43 bits per heavy atom. The van der Waals surface area contributed by atoms with E-state index in [1.54, 1.807) is 18.3 Å². The van der Waals surface area contributed by atoms with Gasteiger partial charge in [-0.1, -0.05) is 35.9 Å². The molecule has 1 N–H and O–H groups in total. The summed E-state index contributed by atoms with van der Waals surface area (Å²) in [5.74, 6) is 0.328. The van der Waals surface area contributed by atoms with Crippen LogP contribution in [0.15, 0.2) is 64.2 Å². The fourth-order valence-corrected chi connectivity index (χ4v) is 3.49. The lowest BCUT2D eigenvalue weighted by atomic mass is 10.2. The Balaban J connectivity index is 1.69. The molecule has 0 unspecified atom stereocenters. The number of hydrogen-bond donors (Lipinski definition) is 1. The van der Waals surface area contributed by atoms with E-state index >= 15 is 0 Å². The van der Waals surface area contributed by atoms with E-state index in [9.17, 15) is 4.79 Å². The minimum Gasteiger partial charge on any atom is -0.484 e. The van der Waals surface area contributed by atoms with E-state index in [-0.39, 0.29) is 12.5 Å². The number of benzene rings is 2. The lowest BCUT2D eigenvalue weighted by Crippen LogP contribution is -2.24. The van der Waals surface area contributed by atoms with Crippen molar-refractivity contribution < 1.29 is 9.53 Å². The summed E-state index contributed by atoms with van der Waals surface area (Å²) >= 11 is 3.64. The van der Waals surface area contributed by atoms with Crippen molar-refractivity contribution in [1.82, 2.24) is 9.99 Å². The molecule has 1 amide bonds. The number of carbonyl (C=O) groups is 1. The molecule has 144 valence electrons. The summed E-state index contributed by atoms with van der Waals surface area (Å²) in [7, 11) is 0. The van der Waals surface area contributed by atoms with Crippen LogP contribution in [0.1, 0.15) is 22.5 Å². The van der Waals surface area contributed by atoms with Gasteiger partial charge in [0.1, 0.15) is 5.75 Å². The molecule has 5 nitrogen and oxygen atoms in total. The first kappa shape index (κ1) is 19.9. The maximum Gasteiger partial charge on any atom is 0.277 e. The van der Waals surface area contributed by atoms with E-state index in [4.69, 9.17) is 4.74 Å². The number of hydrogen-bond acceptors (Lipinski definition) is 3. The van der Waals surface area contributed by atoms with E-state index in [1.165, 1.54) is 5.56 Å². The molecule has 1 aromatic heterocycles. The van der Waals surface area contributed by atoms with Crippen molar-refractivity contribution in [2.45, 2.75) is 20.8 Å². The highest BCUT2D eigenvalue weighted by atomic mass is 79.9. The lowest BCUT2D eigenvalue weighted by Gasteiger charge is -2.09. The number of carbonyl (C=O) groups excluding carboxylic acids is 1. The van der Waals surface area contributed by atoms with E-state index in [1.807, 2.05) is 32.0 Å². The molecular weight excluding hydrogens is 418 g/mol. The van der Waals surface area contributed by atoms with Crippen LogP contribution in [0.2, 0.25) is 0 Å². The maximum atomic E-state index is 11.9. The molecule has 1 heterocycles. The highest BCUT2D eigenvalue weighted by molar-refractivity contribution is 9.10. The number of hydrazone groups is 1. The van der Waals surface area contributed by atoms with Crippen LogP contribution in [0, 0.1) is 20.8 Å². The molecule has 2 aromatic carbocycles. The summed E-state index contributed by atoms with van der Waals surface area (Å²) in [6.07, 6.45) is 1.65. The largest absolute Gasteiger partial charge is 0.484 e. The van der Waals surface area contributed by atoms with Gasteiger partial charge >= 0.3 is 0 Å². The van der Waals surface area contributed by atoms with Gasteiger partial charge in [0.25, 0.3) is 5.91 Å². The van der Waals surface area contributed by atoms with Crippen LogP contribution in [0.5, 0.6) is 5.75 Å². The first-order valence-electron chi connectivity index (χ1n) is 8.91. The minimum absolute atomic E-state index is 0.0923. The molecule has 0 atom stereocenters. The molecule has 0 fully saturated rings. The Morgan fingerprint density at radius 1 is 1.07 bits per heavy atom. The number of para-hydroxylation sites is 1. The average Bonchev–Trinajstić information content (AvgIpc) is 2.91. The Kier molecular flexibility index (Phi) is 6.31.